The highest BCUT2D eigenvalue weighted by Gasteiger charge is 2.62. The summed E-state index contributed by atoms with van der Waals surface area (Å²) in [7, 11) is -23.4. The van der Waals surface area contributed by atoms with Crippen LogP contribution in [0, 0.1) is 5.41 Å². The van der Waals surface area contributed by atoms with Crippen molar-refractivity contribution in [2.75, 3.05) is 13.2 Å². The highest BCUT2D eigenvalue weighted by molar-refractivity contribution is 7.72. The second-order valence-electron chi connectivity index (χ2n) is 7.46. The molecule has 0 bridgehead atoms. The highest BCUT2D eigenvalue weighted by atomic mass is 31.2. The molecule has 0 aromatic carbocycles. The second kappa shape index (κ2) is 11.5. The molecule has 0 heterocycles. The van der Waals surface area contributed by atoms with E-state index >= 15 is 0 Å². The average Bonchev–Trinajstić information content (AvgIpc) is 2.64. The van der Waals surface area contributed by atoms with Gasteiger partial charge in [-0.05, 0) is 39.5 Å². The zero-order valence-electron chi connectivity index (χ0n) is 18.5. The molecule has 0 aromatic rings. The summed E-state index contributed by atoms with van der Waals surface area (Å²) in [5.41, 5.74) is 7.80. The first-order valence-electron chi connectivity index (χ1n) is 9.52. The lowest BCUT2D eigenvalue weighted by atomic mass is 9.78. The summed E-state index contributed by atoms with van der Waals surface area (Å²) >= 11 is 0. The van der Waals surface area contributed by atoms with Crippen molar-refractivity contribution in [3.63, 3.8) is 0 Å². The van der Waals surface area contributed by atoms with Crippen molar-refractivity contribution < 1.29 is 76.5 Å². The summed E-state index contributed by atoms with van der Waals surface area (Å²) < 4.78 is 56.7. The van der Waals surface area contributed by atoms with Crippen molar-refractivity contribution in [2.24, 2.45) is 16.9 Å². The van der Waals surface area contributed by atoms with Crippen molar-refractivity contribution in [1.82, 2.24) is 0 Å². The third-order valence-electron chi connectivity index (χ3n) is 5.19. The molecule has 0 spiro atoms. The largest absolute Gasteiger partial charge is 0.465 e. The van der Waals surface area contributed by atoms with E-state index in [9.17, 15) is 67.0 Å². The van der Waals surface area contributed by atoms with Crippen LogP contribution in [-0.4, -0.2) is 74.3 Å². The topological polar surface area (TPSA) is 335 Å². The number of nitrogens with two attached hydrogens (primary N) is 2. The Hall–Kier alpha value is -0.540. The fourth-order valence-electron chi connectivity index (χ4n) is 2.87. The summed E-state index contributed by atoms with van der Waals surface area (Å²) in [5.74, 6) is -3.12. The molecule has 22 heteroatoms. The van der Waals surface area contributed by atoms with Gasteiger partial charge < -0.3 is 60.1 Å². The van der Waals surface area contributed by atoms with Gasteiger partial charge in [0.1, 0.15) is 0 Å². The zero-order valence-corrected chi connectivity index (χ0v) is 22.1. The normalized spacial score (nSPS) is 14.5. The summed E-state index contributed by atoms with van der Waals surface area (Å²) in [6, 6.07) is 0. The van der Waals surface area contributed by atoms with E-state index in [-0.39, 0.29) is 0 Å². The maximum Gasteiger partial charge on any atom is 0.357 e. The molecule has 0 aliphatic rings. The summed E-state index contributed by atoms with van der Waals surface area (Å²) in [4.78, 5) is 101. The zero-order chi connectivity index (χ0) is 28.3. The van der Waals surface area contributed by atoms with Gasteiger partial charge in [0.2, 0.25) is 10.0 Å². The first-order chi connectivity index (χ1) is 15.4. The molecule has 208 valence electrons. The van der Waals surface area contributed by atoms with Crippen LogP contribution in [0.1, 0.15) is 39.5 Å². The number of hydrogen-bond acceptors (Lipinski definition) is 10. The molecule has 0 aromatic heterocycles. The SMILES string of the molecule is CCOC(=O)C(CCC(N)(P(=O)(O)O)P(=O)(O)O)(CCC(N)(P(=O)(O)O)P(=O)(O)O)C(=O)OCC. The van der Waals surface area contributed by atoms with Gasteiger partial charge >= 0.3 is 42.3 Å². The van der Waals surface area contributed by atoms with Crippen LogP contribution in [0.15, 0.2) is 0 Å². The number of carbonyl (C=O) groups is 2. The molecular weight excluding hydrogens is 564 g/mol. The summed E-state index contributed by atoms with van der Waals surface area (Å²) in [6.45, 7) is 1.64. The van der Waals surface area contributed by atoms with Crippen LogP contribution < -0.4 is 11.5 Å². The monoisotopic (exact) mass is 594 g/mol. The van der Waals surface area contributed by atoms with E-state index in [0.29, 0.717) is 0 Å². The third-order valence-corrected chi connectivity index (χ3v) is 13.2. The molecule has 0 aliphatic heterocycles. The quantitative estimate of drug-likeness (QED) is 0.0627. The van der Waals surface area contributed by atoms with Gasteiger partial charge in [0.15, 0.2) is 5.41 Å². The number of rotatable bonds is 14. The van der Waals surface area contributed by atoms with E-state index in [1.54, 1.807) is 0 Å². The van der Waals surface area contributed by atoms with Gasteiger partial charge in [0.25, 0.3) is 0 Å². The summed E-state index contributed by atoms with van der Waals surface area (Å²) in [6.07, 6.45) is -5.42. The van der Waals surface area contributed by atoms with E-state index in [0.717, 1.165) is 0 Å². The van der Waals surface area contributed by atoms with Crippen LogP contribution in [0.5, 0.6) is 0 Å². The predicted molar refractivity (Wildman–Crippen MR) is 116 cm³/mol. The number of ether oxygens (including phenoxy) is 2. The standard InChI is InChI=1S/C13H30N2O16P4/c1-3-30-9(16)11(10(17)31-4-2,5-7-12(14,32(18,19)20)33(21,22)23)6-8-13(15,34(24,25)26)35(27,28)29/h3-8,14-15H2,1-2H3,(H2,18,19,20)(H2,21,22,23)(H2,24,25,26)(H2,27,28,29). The Morgan fingerprint density at radius 2 is 0.829 bits per heavy atom. The third kappa shape index (κ3) is 7.28. The van der Waals surface area contributed by atoms with E-state index in [1.165, 1.54) is 13.8 Å². The van der Waals surface area contributed by atoms with Crippen LogP contribution in [0.4, 0.5) is 0 Å². The van der Waals surface area contributed by atoms with Gasteiger partial charge in [-0.1, -0.05) is 0 Å². The maximum atomic E-state index is 12.8. The smallest absolute Gasteiger partial charge is 0.357 e. The fourth-order valence-corrected chi connectivity index (χ4v) is 7.20. The van der Waals surface area contributed by atoms with Gasteiger partial charge in [0.05, 0.1) is 13.2 Å². The van der Waals surface area contributed by atoms with Gasteiger partial charge in [-0.2, -0.15) is 0 Å². The lowest BCUT2D eigenvalue weighted by Gasteiger charge is -2.37. The van der Waals surface area contributed by atoms with Crippen LogP contribution in [-0.2, 0) is 37.3 Å². The number of carbonyl (C=O) groups excluding carboxylic acids is 2. The predicted octanol–water partition coefficient (Wildman–Crippen LogP) is -1.40. The van der Waals surface area contributed by atoms with Crippen molar-refractivity contribution >= 4 is 42.3 Å². The van der Waals surface area contributed by atoms with E-state index < -0.39 is 96.7 Å². The molecule has 0 amide bonds. The second-order valence-corrected chi connectivity index (χ2v) is 15.7. The Bertz CT molecular complexity index is 854. The minimum Gasteiger partial charge on any atom is -0.465 e. The van der Waals surface area contributed by atoms with Gasteiger partial charge in [0, 0.05) is 0 Å². The van der Waals surface area contributed by atoms with Crippen LogP contribution in [0.2, 0.25) is 0 Å². The molecule has 18 nitrogen and oxygen atoms in total. The minimum absolute atomic E-state index is 0.435. The van der Waals surface area contributed by atoms with Crippen LogP contribution in [0.25, 0.3) is 0 Å². The van der Waals surface area contributed by atoms with Crippen molar-refractivity contribution in [3.8, 4) is 0 Å². The van der Waals surface area contributed by atoms with Gasteiger partial charge in [-0.3, -0.25) is 27.8 Å². The van der Waals surface area contributed by atoms with E-state index in [4.69, 9.17) is 20.9 Å². The molecule has 0 radical (unpaired) electrons. The molecule has 0 rings (SSSR count). The Morgan fingerprint density at radius 1 is 0.600 bits per heavy atom. The van der Waals surface area contributed by atoms with Crippen LogP contribution >= 0.6 is 30.4 Å². The van der Waals surface area contributed by atoms with E-state index in [2.05, 4.69) is 0 Å². The Kier molecular flexibility index (Phi) is 11.3. The Balaban J connectivity index is 6.90. The molecule has 0 fully saturated rings. The molecular formula is C13H30N2O16P4. The molecule has 0 saturated carbocycles. The van der Waals surface area contributed by atoms with E-state index in [1.807, 2.05) is 0 Å². The fraction of sp³-hybridized carbons (Fsp3) is 0.846. The maximum absolute atomic E-state index is 12.8. The molecule has 12 N–H and O–H groups in total. The summed E-state index contributed by atoms with van der Waals surface area (Å²) in [5, 5.41) is -7.26. The first-order valence-corrected chi connectivity index (χ1v) is 16.0. The van der Waals surface area contributed by atoms with Crippen molar-refractivity contribution in [1.29, 1.82) is 0 Å². The van der Waals surface area contributed by atoms with Gasteiger partial charge in [-0.15, -0.1) is 0 Å². The first kappa shape index (κ1) is 34.5. The number of esters is 2. The number of hydrogen-bond donors (Lipinski definition) is 10. The molecule has 0 atom stereocenters. The molecule has 35 heavy (non-hydrogen) atoms. The molecule has 0 saturated heterocycles. The van der Waals surface area contributed by atoms with Crippen LogP contribution in [0.3, 0.4) is 0 Å². The van der Waals surface area contributed by atoms with Crippen molar-refractivity contribution in [2.45, 2.75) is 49.6 Å². The van der Waals surface area contributed by atoms with Crippen molar-refractivity contribution in [3.05, 3.63) is 0 Å². The lowest BCUT2D eigenvalue weighted by molar-refractivity contribution is -0.173. The molecule has 0 unspecified atom stereocenters. The van der Waals surface area contributed by atoms with Gasteiger partial charge in [-0.25, -0.2) is 0 Å². The Labute approximate surface area is 199 Å². The highest BCUT2D eigenvalue weighted by Crippen LogP contribution is 2.70. The Morgan fingerprint density at radius 3 is 1.00 bits per heavy atom. The lowest BCUT2D eigenvalue weighted by Crippen LogP contribution is -2.48. The average molecular weight is 594 g/mol. The minimum atomic E-state index is -5.85. The molecule has 0 aliphatic carbocycles.